The number of aliphatic hydroxyl groups is 1. The van der Waals surface area contributed by atoms with Crippen molar-refractivity contribution in [3.8, 4) is 0 Å². The average Bonchev–Trinajstić information content (AvgIpc) is 2.78. The Morgan fingerprint density at radius 2 is 1.78 bits per heavy atom. The molecule has 32 heavy (non-hydrogen) atoms. The van der Waals surface area contributed by atoms with Gasteiger partial charge in [-0.3, -0.25) is 14.4 Å². The van der Waals surface area contributed by atoms with Crippen LogP contribution in [0, 0.1) is 39.4 Å². The zero-order chi connectivity index (χ0) is 23.3. The molecule has 7 nitrogen and oxygen atoms in total. The van der Waals surface area contributed by atoms with Crippen LogP contribution in [-0.4, -0.2) is 53.3 Å². The molecule has 7 heteroatoms. The molecule has 3 saturated carbocycles. The smallest absolute Gasteiger partial charge is 0.213 e. The molecule has 7 aliphatic rings. The molecular weight excluding hydrogens is 412 g/mol. The highest BCUT2D eigenvalue weighted by Crippen LogP contribution is 2.79. The highest BCUT2D eigenvalue weighted by Gasteiger charge is 2.91. The van der Waals surface area contributed by atoms with Gasteiger partial charge in [-0.15, -0.1) is 0 Å². The second-order valence-corrected chi connectivity index (χ2v) is 12.5. The van der Waals surface area contributed by atoms with Crippen LogP contribution >= 0.6 is 0 Å². The first-order valence-corrected chi connectivity index (χ1v) is 11.7. The van der Waals surface area contributed by atoms with Gasteiger partial charge >= 0.3 is 0 Å². The fourth-order valence-electron chi connectivity index (χ4n) is 9.21. The number of Topliss-reactive ketones (excluding diaryl/α,β-unsaturated/α-hetero) is 2. The van der Waals surface area contributed by atoms with Gasteiger partial charge < -0.3 is 19.3 Å². The van der Waals surface area contributed by atoms with Gasteiger partial charge in [-0.2, -0.15) is 0 Å². The molecule has 3 spiro atoms. The van der Waals surface area contributed by atoms with Crippen LogP contribution in [0.1, 0.15) is 54.4 Å². The molecule has 0 aromatic rings. The second kappa shape index (κ2) is 5.45. The van der Waals surface area contributed by atoms with Gasteiger partial charge in [0.1, 0.15) is 11.5 Å². The van der Waals surface area contributed by atoms with E-state index in [-0.39, 0.29) is 29.7 Å². The van der Waals surface area contributed by atoms with Crippen LogP contribution in [0.25, 0.3) is 0 Å². The minimum atomic E-state index is -1.59. The first-order chi connectivity index (χ1) is 14.7. The van der Waals surface area contributed by atoms with Crippen LogP contribution < -0.4 is 0 Å². The van der Waals surface area contributed by atoms with Crippen LogP contribution in [0.2, 0.25) is 0 Å². The maximum atomic E-state index is 14.4. The van der Waals surface area contributed by atoms with E-state index < -0.39 is 57.3 Å². The van der Waals surface area contributed by atoms with Crippen molar-refractivity contribution < 1.29 is 33.7 Å². The third-order valence-corrected chi connectivity index (χ3v) is 9.95. The number of ketones is 2. The van der Waals surface area contributed by atoms with Gasteiger partial charge in [-0.05, 0) is 43.9 Å². The number of hydrogen-bond donors (Lipinski definition) is 1. The lowest BCUT2D eigenvalue weighted by Crippen LogP contribution is -2.88. The van der Waals surface area contributed by atoms with Crippen molar-refractivity contribution >= 4 is 17.9 Å². The van der Waals surface area contributed by atoms with E-state index in [9.17, 15) is 19.5 Å². The number of hydrogen-bond acceptors (Lipinski definition) is 7. The third-order valence-electron chi connectivity index (χ3n) is 9.95. The molecule has 0 amide bonds. The molecule has 0 radical (unpaired) electrons. The number of carbonyl (C=O) groups is 3. The molecule has 174 valence electrons. The number of ether oxygens (including phenoxy) is 3. The Morgan fingerprint density at radius 1 is 1.09 bits per heavy atom. The van der Waals surface area contributed by atoms with Crippen molar-refractivity contribution in [2.75, 3.05) is 6.61 Å². The lowest BCUT2D eigenvalue weighted by Gasteiger charge is -2.76. The zero-order valence-corrected chi connectivity index (χ0v) is 19.6. The third kappa shape index (κ3) is 1.81. The summed E-state index contributed by atoms with van der Waals surface area (Å²) in [5, 5.41) is 12.1. The number of aliphatic hydroxyl groups excluding tert-OH is 1. The zero-order valence-electron chi connectivity index (χ0n) is 19.6. The Morgan fingerprint density at radius 3 is 2.44 bits per heavy atom. The fraction of sp³-hybridized carbons (Fsp3) is 0.800. The number of carbonyl (C=O) groups excluding carboxylic acids is 3. The summed E-state index contributed by atoms with van der Waals surface area (Å²) in [5.41, 5.74) is -3.74. The number of fused-ring (bicyclic) bond motifs is 1. The van der Waals surface area contributed by atoms with Crippen molar-refractivity contribution in [3.63, 3.8) is 0 Å². The van der Waals surface area contributed by atoms with E-state index in [1.165, 1.54) is 0 Å². The first kappa shape index (κ1) is 21.1. The molecule has 3 heterocycles. The Bertz CT molecular complexity index is 1010. The van der Waals surface area contributed by atoms with Crippen LogP contribution in [0.4, 0.5) is 0 Å². The average molecular weight is 445 g/mol. The van der Waals surface area contributed by atoms with Crippen molar-refractivity contribution in [1.29, 1.82) is 0 Å². The number of aldehydes is 1. The number of rotatable bonds is 1. The molecule has 1 unspecified atom stereocenters. The summed E-state index contributed by atoms with van der Waals surface area (Å²) >= 11 is 0. The van der Waals surface area contributed by atoms with Crippen molar-refractivity contribution in [3.05, 3.63) is 11.6 Å². The Hall–Kier alpha value is -1.41. The summed E-state index contributed by atoms with van der Waals surface area (Å²) < 4.78 is 19.4. The normalized spacial score (nSPS) is 53.3. The van der Waals surface area contributed by atoms with E-state index in [0.29, 0.717) is 12.7 Å². The van der Waals surface area contributed by atoms with E-state index in [1.807, 2.05) is 27.7 Å². The van der Waals surface area contributed by atoms with Crippen molar-refractivity contribution in [2.24, 2.45) is 39.4 Å². The minimum absolute atomic E-state index is 0.0236. The first-order valence-electron chi connectivity index (χ1n) is 11.7. The lowest BCUT2D eigenvalue weighted by atomic mass is 9.36. The van der Waals surface area contributed by atoms with Gasteiger partial charge in [-0.25, -0.2) is 0 Å². The highest BCUT2D eigenvalue weighted by molar-refractivity contribution is 6.16. The predicted molar refractivity (Wildman–Crippen MR) is 111 cm³/mol. The molecule has 1 N–H and O–H groups in total. The van der Waals surface area contributed by atoms with Gasteiger partial charge in [0.15, 0.2) is 23.6 Å². The SMILES string of the molecule is CC1(C)O[C@@H]2[C@H]3CCC4[C@@]56CO[C@](O1)([C@@H](O)[C@@H]5C(C)(C)C=C(C=O)C6=O)[C@]42C(=O)C3(C)C. The van der Waals surface area contributed by atoms with E-state index >= 15 is 0 Å². The molecule has 6 fully saturated rings. The maximum absolute atomic E-state index is 14.4. The number of allylic oxidation sites excluding steroid dienone is 2. The maximum Gasteiger partial charge on any atom is 0.213 e. The van der Waals surface area contributed by atoms with Crippen LogP contribution in [0.3, 0.4) is 0 Å². The van der Waals surface area contributed by atoms with Gasteiger partial charge in [0.25, 0.3) is 0 Å². The summed E-state index contributed by atoms with van der Waals surface area (Å²) in [4.78, 5) is 40.3. The lowest BCUT2D eigenvalue weighted by molar-refractivity contribution is -0.522. The van der Waals surface area contributed by atoms with Crippen molar-refractivity contribution in [1.82, 2.24) is 0 Å². The van der Waals surface area contributed by atoms with Crippen LogP contribution in [-0.2, 0) is 28.6 Å². The molecule has 3 aliphatic heterocycles. The second-order valence-electron chi connectivity index (χ2n) is 12.5. The minimum Gasteiger partial charge on any atom is -0.387 e. The van der Waals surface area contributed by atoms with Gasteiger partial charge in [0, 0.05) is 11.3 Å². The molecule has 4 aliphatic carbocycles. The summed E-state index contributed by atoms with van der Waals surface area (Å²) in [6.07, 6.45) is 1.90. The van der Waals surface area contributed by atoms with E-state index in [4.69, 9.17) is 14.2 Å². The van der Waals surface area contributed by atoms with E-state index in [0.717, 1.165) is 6.42 Å². The van der Waals surface area contributed by atoms with Gasteiger partial charge in [0.2, 0.25) is 5.79 Å². The van der Waals surface area contributed by atoms with E-state index in [1.54, 1.807) is 19.9 Å². The van der Waals surface area contributed by atoms with Gasteiger partial charge in [0.05, 0.1) is 23.7 Å². The standard InChI is InChI=1S/C25H32O7/c1-20(2)9-12(10-26)16(27)23-11-30-25(17(28)15(20)23)24-14(23)8-7-13(21(3,4)19(24)29)18(24)31-22(5,6)32-25/h9-10,13-15,17-18,28H,7-8,11H2,1-6H3/t13-,14?,15-,17+,18-,23+,24-,25+/m1/s1. The van der Waals surface area contributed by atoms with Crippen molar-refractivity contribution in [2.45, 2.75) is 78.2 Å². The summed E-state index contributed by atoms with van der Waals surface area (Å²) in [7, 11) is 0. The van der Waals surface area contributed by atoms with E-state index in [2.05, 4.69) is 0 Å². The quantitative estimate of drug-likeness (QED) is 0.489. The summed E-state index contributed by atoms with van der Waals surface area (Å²) in [6.45, 7) is 11.4. The molecule has 0 aromatic carbocycles. The predicted octanol–water partition coefficient (Wildman–Crippen LogP) is 2.20. The largest absolute Gasteiger partial charge is 0.387 e. The molecule has 0 aromatic heterocycles. The van der Waals surface area contributed by atoms with Gasteiger partial charge in [-0.1, -0.05) is 33.8 Å². The highest BCUT2D eigenvalue weighted by atomic mass is 16.8. The molecular formula is C25H32O7. The Labute approximate surface area is 187 Å². The Kier molecular flexibility index (Phi) is 3.60. The van der Waals surface area contributed by atoms with Crippen LogP contribution in [0.15, 0.2) is 11.6 Å². The molecule has 3 saturated heterocycles. The Balaban J connectivity index is 1.71. The fourth-order valence-corrected chi connectivity index (χ4v) is 9.21. The summed E-state index contributed by atoms with van der Waals surface area (Å²) in [5.74, 6) is -4.07. The summed E-state index contributed by atoms with van der Waals surface area (Å²) in [6, 6.07) is 0. The topological polar surface area (TPSA) is 99.1 Å². The molecule has 8 atom stereocenters. The molecule has 7 rings (SSSR count). The van der Waals surface area contributed by atoms with Crippen LogP contribution in [0.5, 0.6) is 0 Å². The molecule has 4 bridgehead atoms. The monoisotopic (exact) mass is 444 g/mol.